The highest BCUT2D eigenvalue weighted by Crippen LogP contribution is 2.28. The second-order valence-electron chi connectivity index (χ2n) is 14.8. The van der Waals surface area contributed by atoms with Crippen molar-refractivity contribution in [2.24, 2.45) is 0 Å². The maximum Gasteiger partial charge on any atom is 0.173 e. The summed E-state index contributed by atoms with van der Waals surface area (Å²) in [7, 11) is -2.54. The number of benzene rings is 5. The zero-order valence-electron chi connectivity index (χ0n) is 33.6. The maximum absolute atomic E-state index is 6.20. The Labute approximate surface area is 345 Å². The molecule has 2 nitrogen and oxygen atoms in total. The van der Waals surface area contributed by atoms with Crippen LogP contribution in [-0.2, 0) is 4.12 Å². The molecule has 0 spiro atoms. The van der Waals surface area contributed by atoms with Gasteiger partial charge in [0.2, 0.25) is 0 Å². The normalized spacial score (nSPS) is 9.85. The van der Waals surface area contributed by atoms with E-state index in [4.69, 9.17) is 8.85 Å². The molecule has 0 aliphatic rings. The van der Waals surface area contributed by atoms with E-state index in [9.17, 15) is 0 Å². The van der Waals surface area contributed by atoms with E-state index in [0.717, 1.165) is 11.5 Å². The first-order valence-electron chi connectivity index (χ1n) is 18.1. The second kappa shape index (κ2) is 27.8. The highest BCUT2D eigenvalue weighted by atomic mass is 28.4. The zero-order chi connectivity index (χ0) is 37.5. The van der Waals surface area contributed by atoms with Gasteiger partial charge in [0.05, 0.1) is 0 Å². The summed E-state index contributed by atoms with van der Waals surface area (Å²) in [6, 6.07) is 40.4. The summed E-state index contributed by atoms with van der Waals surface area (Å²) in [6.07, 6.45) is 0. The average Bonchev–Trinajstić information content (AvgIpc) is 3.06. The SMILES string of the molecule is C.C.C.C.C.CC[Si](C)(C)O[Si](C)(C)CC.Cc1ccc(-c2ccc(C)cc2C)c(C)c1.Cc1ccc(C)cc1.Cc1ccc(Oc2ccc(C)cc2)cc1. The van der Waals surface area contributed by atoms with Gasteiger partial charge in [-0.15, -0.1) is 0 Å². The Morgan fingerprint density at radius 1 is 0.364 bits per heavy atom. The van der Waals surface area contributed by atoms with Crippen LogP contribution in [0.1, 0.15) is 95.5 Å². The Morgan fingerprint density at radius 3 is 0.836 bits per heavy atom. The van der Waals surface area contributed by atoms with Crippen LogP contribution in [0.4, 0.5) is 0 Å². The van der Waals surface area contributed by atoms with Crippen molar-refractivity contribution >= 4 is 16.6 Å². The zero-order valence-corrected chi connectivity index (χ0v) is 35.6. The van der Waals surface area contributed by atoms with Crippen molar-refractivity contribution in [2.75, 3.05) is 0 Å². The lowest BCUT2D eigenvalue weighted by molar-refractivity contribution is 0.482. The fraction of sp³-hybridized carbons (Fsp3) is 0.412. The molecular weight excluding hydrogens is 701 g/mol. The van der Waals surface area contributed by atoms with Crippen LogP contribution < -0.4 is 4.74 Å². The summed E-state index contributed by atoms with van der Waals surface area (Å²) in [6.45, 7) is 30.7. The average molecular weight is 785 g/mol. The Hall–Kier alpha value is -3.71. The molecule has 5 rings (SSSR count). The lowest BCUT2D eigenvalue weighted by atomic mass is 9.94. The van der Waals surface area contributed by atoms with Gasteiger partial charge in [-0.3, -0.25) is 0 Å². The predicted octanol–water partition coefficient (Wildman–Crippen LogP) is 17.6. The van der Waals surface area contributed by atoms with Gasteiger partial charge in [0, 0.05) is 0 Å². The second-order valence-corrected chi connectivity index (χ2v) is 24.1. The van der Waals surface area contributed by atoms with Gasteiger partial charge < -0.3 is 8.85 Å². The van der Waals surface area contributed by atoms with Crippen LogP contribution >= 0.6 is 0 Å². The van der Waals surface area contributed by atoms with Crippen molar-refractivity contribution in [3.63, 3.8) is 0 Å². The van der Waals surface area contributed by atoms with Crippen LogP contribution in [0.3, 0.4) is 0 Å². The summed E-state index contributed by atoms with van der Waals surface area (Å²) in [5.41, 5.74) is 13.2. The molecule has 0 aromatic heterocycles. The molecule has 0 aliphatic heterocycles. The summed E-state index contributed by atoms with van der Waals surface area (Å²) < 4.78 is 11.9. The van der Waals surface area contributed by atoms with Gasteiger partial charge in [-0.25, -0.2) is 0 Å². The van der Waals surface area contributed by atoms with Gasteiger partial charge in [-0.1, -0.05) is 169 Å². The maximum atomic E-state index is 6.20. The van der Waals surface area contributed by atoms with Crippen LogP contribution in [-0.4, -0.2) is 16.6 Å². The molecule has 55 heavy (non-hydrogen) atoms. The van der Waals surface area contributed by atoms with Crippen molar-refractivity contribution in [3.8, 4) is 22.6 Å². The summed E-state index contributed by atoms with van der Waals surface area (Å²) in [5.74, 6) is 1.76. The van der Waals surface area contributed by atoms with Crippen LogP contribution in [0.15, 0.2) is 109 Å². The first-order valence-corrected chi connectivity index (χ1v) is 24.4. The Kier molecular flexibility index (Phi) is 29.3. The molecule has 0 fully saturated rings. The molecule has 0 bridgehead atoms. The van der Waals surface area contributed by atoms with Gasteiger partial charge in [0.25, 0.3) is 0 Å². The molecule has 0 N–H and O–H groups in total. The van der Waals surface area contributed by atoms with Crippen molar-refractivity contribution in [2.45, 2.75) is 145 Å². The Balaban J connectivity index is -0.000000315. The van der Waals surface area contributed by atoms with E-state index in [2.05, 4.69) is 156 Å². The lowest BCUT2D eigenvalue weighted by Gasteiger charge is -2.32. The number of rotatable bonds is 7. The highest BCUT2D eigenvalue weighted by Gasteiger charge is 2.29. The predicted molar refractivity (Wildman–Crippen MR) is 260 cm³/mol. The third-order valence-corrected chi connectivity index (χ3v) is 16.6. The van der Waals surface area contributed by atoms with E-state index in [1.165, 1.54) is 67.7 Å². The number of ether oxygens (including phenoxy) is 1. The summed E-state index contributed by atoms with van der Waals surface area (Å²) >= 11 is 0. The van der Waals surface area contributed by atoms with E-state index in [0.29, 0.717) is 0 Å². The van der Waals surface area contributed by atoms with Crippen LogP contribution in [0.2, 0.25) is 38.3 Å². The van der Waals surface area contributed by atoms with Crippen molar-refractivity contribution in [1.29, 1.82) is 0 Å². The molecular formula is C51H84O2Si2. The number of aryl methyl sites for hydroxylation is 8. The molecule has 5 aromatic rings. The third-order valence-electron chi connectivity index (χ3n) is 8.81. The van der Waals surface area contributed by atoms with Gasteiger partial charge >= 0.3 is 0 Å². The third kappa shape index (κ3) is 22.4. The number of hydrogen-bond donors (Lipinski definition) is 0. The van der Waals surface area contributed by atoms with Gasteiger partial charge in [-0.2, -0.15) is 0 Å². The molecule has 308 valence electrons. The van der Waals surface area contributed by atoms with E-state index in [1.54, 1.807) is 0 Å². The van der Waals surface area contributed by atoms with E-state index in [1.807, 2.05) is 48.5 Å². The smallest absolute Gasteiger partial charge is 0.173 e. The van der Waals surface area contributed by atoms with E-state index >= 15 is 0 Å². The Bertz CT molecular complexity index is 1590. The molecule has 0 saturated carbocycles. The largest absolute Gasteiger partial charge is 0.457 e. The van der Waals surface area contributed by atoms with Crippen molar-refractivity contribution in [3.05, 3.63) is 154 Å². The number of hydrogen-bond acceptors (Lipinski definition) is 2. The minimum Gasteiger partial charge on any atom is -0.457 e. The molecule has 0 saturated heterocycles. The molecule has 0 atom stereocenters. The molecule has 0 aliphatic carbocycles. The summed E-state index contributed by atoms with van der Waals surface area (Å²) in [4.78, 5) is 0. The quantitative estimate of drug-likeness (QED) is 0.153. The van der Waals surface area contributed by atoms with Crippen LogP contribution in [0.5, 0.6) is 11.5 Å². The van der Waals surface area contributed by atoms with Gasteiger partial charge in [0.15, 0.2) is 16.6 Å². The first-order chi connectivity index (χ1) is 23.4. The van der Waals surface area contributed by atoms with E-state index < -0.39 is 16.6 Å². The molecule has 0 heterocycles. The van der Waals surface area contributed by atoms with Crippen molar-refractivity contribution in [1.82, 2.24) is 0 Å². The minimum absolute atomic E-state index is 0. The van der Waals surface area contributed by atoms with E-state index in [-0.39, 0.29) is 37.1 Å². The highest BCUT2D eigenvalue weighted by molar-refractivity contribution is 6.84. The van der Waals surface area contributed by atoms with Gasteiger partial charge in [0.1, 0.15) is 11.5 Å². The topological polar surface area (TPSA) is 18.5 Å². The standard InChI is InChI=1S/C16H18.C14H14O.C8H22OSi2.C8H10.5CH4/c1-11-5-7-15(13(3)9-11)16-8-6-12(2)10-14(16)4;1-11-3-7-13(8-4-11)15-14-9-5-12(2)6-10-14;1-7-10(3,4)9-11(5,6)8-2;1-7-3-5-8(2)6-4-7;;;;;/h5-10H,1-4H3;3-10H,1-2H3;7-8H2,1-6H3;3-6H,1-2H3;5*1H4. The fourth-order valence-electron chi connectivity index (χ4n) is 5.11. The van der Waals surface area contributed by atoms with Gasteiger partial charge in [-0.05, 0) is 140 Å². The monoisotopic (exact) mass is 785 g/mol. The molecule has 4 heteroatoms. The van der Waals surface area contributed by atoms with Crippen LogP contribution in [0.25, 0.3) is 11.1 Å². The lowest BCUT2D eigenvalue weighted by Crippen LogP contribution is -2.43. The molecule has 0 amide bonds. The molecule has 0 radical (unpaired) electrons. The minimum atomic E-state index is -1.27. The molecule has 5 aromatic carbocycles. The molecule has 0 unspecified atom stereocenters. The fourth-order valence-corrected chi connectivity index (χ4v) is 12.2. The van der Waals surface area contributed by atoms with Crippen molar-refractivity contribution < 1.29 is 8.85 Å². The summed E-state index contributed by atoms with van der Waals surface area (Å²) in [5, 5.41) is 0. The Morgan fingerprint density at radius 2 is 0.600 bits per heavy atom. The first kappa shape index (κ1) is 58.0. The van der Waals surface area contributed by atoms with Crippen LogP contribution in [0, 0.1) is 55.4 Å².